The van der Waals surface area contributed by atoms with Crippen LogP contribution in [0.25, 0.3) is 0 Å². The molecule has 0 bridgehead atoms. The second-order valence-corrected chi connectivity index (χ2v) is 8.69. The van der Waals surface area contributed by atoms with Crippen molar-refractivity contribution in [2.45, 2.75) is 46.1 Å². The molecule has 2 amide bonds. The Morgan fingerprint density at radius 2 is 1.24 bits per heavy atom. The number of anilines is 2. The summed E-state index contributed by atoms with van der Waals surface area (Å²) in [5.74, 6) is 0.907. The number of carbonyl (C=O) groups excluding carboxylic acids is 2. The van der Waals surface area contributed by atoms with Gasteiger partial charge in [-0.1, -0.05) is 63.2 Å². The maximum atomic E-state index is 12.4. The Labute approximate surface area is 196 Å². The second kappa shape index (κ2) is 11.9. The van der Waals surface area contributed by atoms with Crippen molar-refractivity contribution in [1.29, 1.82) is 0 Å². The molecule has 0 aliphatic carbocycles. The van der Waals surface area contributed by atoms with Crippen LogP contribution in [0.3, 0.4) is 0 Å². The molecule has 0 spiro atoms. The molecule has 0 heterocycles. The molecule has 3 aromatic rings. The van der Waals surface area contributed by atoms with Gasteiger partial charge in [0.1, 0.15) is 12.4 Å². The first kappa shape index (κ1) is 24.1. The SMILES string of the molecule is CC(CC(=O)Nc1ccc(OCc2ccccc2)cc1)CC(=O)Nc1ccc(C(C)C)cc1. The third-order valence-corrected chi connectivity index (χ3v) is 5.32. The van der Waals surface area contributed by atoms with Gasteiger partial charge in [0.15, 0.2) is 0 Å². The molecule has 0 saturated carbocycles. The van der Waals surface area contributed by atoms with Gasteiger partial charge in [0, 0.05) is 24.2 Å². The van der Waals surface area contributed by atoms with Crippen LogP contribution in [0.2, 0.25) is 0 Å². The van der Waals surface area contributed by atoms with E-state index in [0.717, 1.165) is 17.0 Å². The Balaban J connectivity index is 1.40. The molecule has 0 saturated heterocycles. The molecule has 2 N–H and O–H groups in total. The van der Waals surface area contributed by atoms with Crippen molar-refractivity contribution in [2.24, 2.45) is 5.92 Å². The van der Waals surface area contributed by atoms with Gasteiger partial charge in [0.2, 0.25) is 11.8 Å². The summed E-state index contributed by atoms with van der Waals surface area (Å²) in [5, 5.41) is 5.79. The highest BCUT2D eigenvalue weighted by Crippen LogP contribution is 2.20. The van der Waals surface area contributed by atoms with E-state index in [1.54, 1.807) is 0 Å². The molecule has 0 radical (unpaired) electrons. The summed E-state index contributed by atoms with van der Waals surface area (Å²) < 4.78 is 5.77. The number of benzene rings is 3. The van der Waals surface area contributed by atoms with Crippen LogP contribution < -0.4 is 15.4 Å². The number of rotatable bonds is 10. The molecule has 3 rings (SSSR count). The summed E-state index contributed by atoms with van der Waals surface area (Å²) in [6.45, 7) is 6.67. The minimum atomic E-state index is -0.116. The molecular formula is C28H32N2O3. The van der Waals surface area contributed by atoms with Crippen molar-refractivity contribution in [3.05, 3.63) is 90.0 Å². The average molecular weight is 445 g/mol. The zero-order valence-electron chi connectivity index (χ0n) is 19.5. The van der Waals surface area contributed by atoms with Gasteiger partial charge in [-0.3, -0.25) is 9.59 Å². The summed E-state index contributed by atoms with van der Waals surface area (Å²) in [5.41, 5.74) is 3.80. The third kappa shape index (κ3) is 8.11. The van der Waals surface area contributed by atoms with Crippen LogP contribution in [0, 0.1) is 5.92 Å². The summed E-state index contributed by atoms with van der Waals surface area (Å²) in [4.78, 5) is 24.7. The van der Waals surface area contributed by atoms with E-state index in [0.29, 0.717) is 18.2 Å². The van der Waals surface area contributed by atoms with E-state index in [4.69, 9.17) is 4.74 Å². The molecule has 3 aromatic carbocycles. The van der Waals surface area contributed by atoms with E-state index in [9.17, 15) is 9.59 Å². The lowest BCUT2D eigenvalue weighted by Gasteiger charge is -2.13. The smallest absolute Gasteiger partial charge is 0.224 e. The van der Waals surface area contributed by atoms with Gasteiger partial charge < -0.3 is 15.4 Å². The maximum Gasteiger partial charge on any atom is 0.224 e. The minimum absolute atomic E-state index is 0.0755. The number of ether oxygens (including phenoxy) is 1. The molecule has 5 nitrogen and oxygen atoms in total. The van der Waals surface area contributed by atoms with Crippen LogP contribution >= 0.6 is 0 Å². The Morgan fingerprint density at radius 3 is 1.76 bits per heavy atom. The highest BCUT2D eigenvalue weighted by Gasteiger charge is 2.14. The van der Waals surface area contributed by atoms with Gasteiger partial charge in [0.25, 0.3) is 0 Å². The number of nitrogens with one attached hydrogen (secondary N) is 2. The Bertz CT molecular complexity index is 1030. The molecule has 172 valence electrons. The molecule has 0 aromatic heterocycles. The van der Waals surface area contributed by atoms with E-state index >= 15 is 0 Å². The maximum absolute atomic E-state index is 12.4. The quantitative estimate of drug-likeness (QED) is 0.381. The van der Waals surface area contributed by atoms with Gasteiger partial charge >= 0.3 is 0 Å². The first-order valence-corrected chi connectivity index (χ1v) is 11.4. The zero-order valence-corrected chi connectivity index (χ0v) is 19.5. The Kier molecular flexibility index (Phi) is 8.64. The van der Waals surface area contributed by atoms with Crippen molar-refractivity contribution in [1.82, 2.24) is 0 Å². The standard InChI is InChI=1S/C28H32N2O3/c1-20(2)23-9-11-24(12-10-23)29-27(31)17-21(3)18-28(32)30-25-13-15-26(16-14-25)33-19-22-7-5-4-6-8-22/h4-16,20-21H,17-19H2,1-3H3,(H,29,31)(H,30,32). The molecular weight excluding hydrogens is 412 g/mol. The number of hydrogen-bond donors (Lipinski definition) is 2. The van der Waals surface area contributed by atoms with Crippen molar-refractivity contribution in [3.63, 3.8) is 0 Å². The molecule has 33 heavy (non-hydrogen) atoms. The van der Waals surface area contributed by atoms with Crippen LogP contribution in [0.4, 0.5) is 11.4 Å². The fourth-order valence-corrected chi connectivity index (χ4v) is 3.46. The summed E-state index contributed by atoms with van der Waals surface area (Å²) in [7, 11) is 0. The van der Waals surface area contributed by atoms with E-state index < -0.39 is 0 Å². The summed E-state index contributed by atoms with van der Waals surface area (Å²) in [6.07, 6.45) is 0.553. The Hall–Kier alpha value is -3.60. The number of amides is 2. The van der Waals surface area contributed by atoms with Gasteiger partial charge in [-0.15, -0.1) is 0 Å². The van der Waals surface area contributed by atoms with Gasteiger partial charge in [0.05, 0.1) is 0 Å². The van der Waals surface area contributed by atoms with Crippen molar-refractivity contribution < 1.29 is 14.3 Å². The van der Waals surface area contributed by atoms with Gasteiger partial charge in [-0.25, -0.2) is 0 Å². The van der Waals surface area contributed by atoms with Crippen LogP contribution in [-0.4, -0.2) is 11.8 Å². The lowest BCUT2D eigenvalue weighted by atomic mass is 10.0. The van der Waals surface area contributed by atoms with Crippen molar-refractivity contribution in [3.8, 4) is 5.75 Å². The fourth-order valence-electron chi connectivity index (χ4n) is 3.46. The highest BCUT2D eigenvalue weighted by molar-refractivity contribution is 5.93. The largest absolute Gasteiger partial charge is 0.489 e. The number of carbonyl (C=O) groups is 2. The van der Waals surface area contributed by atoms with E-state index in [1.807, 2.05) is 85.8 Å². The summed E-state index contributed by atoms with van der Waals surface area (Å²) in [6, 6.07) is 25.1. The predicted octanol–water partition coefficient (Wildman–Crippen LogP) is 6.38. The fraction of sp³-hybridized carbons (Fsp3) is 0.286. The summed E-state index contributed by atoms with van der Waals surface area (Å²) >= 11 is 0. The molecule has 1 unspecified atom stereocenters. The normalized spacial score (nSPS) is 11.6. The predicted molar refractivity (Wildman–Crippen MR) is 133 cm³/mol. The van der Waals surface area contributed by atoms with Gasteiger partial charge in [-0.2, -0.15) is 0 Å². The first-order valence-electron chi connectivity index (χ1n) is 11.4. The van der Waals surface area contributed by atoms with Crippen LogP contribution in [0.15, 0.2) is 78.9 Å². The Morgan fingerprint density at radius 1 is 0.727 bits per heavy atom. The van der Waals surface area contributed by atoms with Gasteiger partial charge in [-0.05, 0) is 59.4 Å². The first-order chi connectivity index (χ1) is 15.9. The molecule has 0 aliphatic heterocycles. The topological polar surface area (TPSA) is 67.4 Å². The molecule has 1 atom stereocenters. The second-order valence-electron chi connectivity index (χ2n) is 8.69. The van der Waals surface area contributed by atoms with Crippen LogP contribution in [0.1, 0.15) is 50.7 Å². The lowest BCUT2D eigenvalue weighted by molar-refractivity contribution is -0.118. The average Bonchev–Trinajstić information content (AvgIpc) is 2.79. The zero-order chi connectivity index (χ0) is 23.6. The molecule has 5 heteroatoms. The monoisotopic (exact) mass is 444 g/mol. The molecule has 0 aliphatic rings. The van der Waals surface area contributed by atoms with Crippen LogP contribution in [-0.2, 0) is 16.2 Å². The van der Waals surface area contributed by atoms with Crippen LogP contribution in [0.5, 0.6) is 5.75 Å². The molecule has 0 fully saturated rings. The minimum Gasteiger partial charge on any atom is -0.489 e. The van der Waals surface area contributed by atoms with E-state index in [2.05, 4.69) is 24.5 Å². The highest BCUT2D eigenvalue weighted by atomic mass is 16.5. The van der Waals surface area contributed by atoms with Crippen molar-refractivity contribution >= 4 is 23.2 Å². The van der Waals surface area contributed by atoms with E-state index in [-0.39, 0.29) is 30.6 Å². The third-order valence-electron chi connectivity index (χ3n) is 5.32. The number of hydrogen-bond acceptors (Lipinski definition) is 3. The van der Waals surface area contributed by atoms with E-state index in [1.165, 1.54) is 5.56 Å². The lowest BCUT2D eigenvalue weighted by Crippen LogP contribution is -2.20. The van der Waals surface area contributed by atoms with Crippen molar-refractivity contribution in [2.75, 3.05) is 10.6 Å².